The van der Waals surface area contributed by atoms with Gasteiger partial charge in [-0.3, -0.25) is 59.2 Å². The molecule has 0 spiro atoms. The molecule has 0 saturated heterocycles. The lowest BCUT2D eigenvalue weighted by atomic mass is 9.78. The number of nitrogens with two attached hydrogens (primary N) is 1. The lowest BCUT2D eigenvalue weighted by Gasteiger charge is -2.36. The van der Waals surface area contributed by atoms with Gasteiger partial charge in [0.1, 0.15) is 37.6 Å². The summed E-state index contributed by atoms with van der Waals surface area (Å²) in [5.41, 5.74) is 14.6. The molecular weight excluding hydrogens is 1930 g/mol. The fourth-order valence-electron chi connectivity index (χ4n) is 15.1. The predicted molar refractivity (Wildman–Crippen MR) is 558 cm³/mol. The van der Waals surface area contributed by atoms with E-state index in [1.165, 1.54) is 14.2 Å². The molecule has 0 radical (unpaired) electrons. The lowest BCUT2D eigenvalue weighted by molar-refractivity contribution is -0.155. The maximum atomic E-state index is 14.8. The van der Waals surface area contributed by atoms with Crippen LogP contribution in [0.2, 0.25) is 0 Å². The fourth-order valence-corrected chi connectivity index (χ4v) is 15.1. The minimum atomic E-state index is -1.15. The Balaban J connectivity index is 0.000000615. The fraction of sp³-hybridized carbons (Fsp3) is 0.587. The summed E-state index contributed by atoms with van der Waals surface area (Å²) >= 11 is 0. The van der Waals surface area contributed by atoms with Gasteiger partial charge in [0, 0.05) is 75.5 Å². The van der Waals surface area contributed by atoms with Gasteiger partial charge in [-0.1, -0.05) is 204 Å². The molecule has 824 valence electrons. The molecule has 39 heteroatoms. The van der Waals surface area contributed by atoms with Crippen molar-refractivity contribution in [3.8, 4) is 22.5 Å². The van der Waals surface area contributed by atoms with E-state index in [1.54, 1.807) is 57.4 Å². The van der Waals surface area contributed by atoms with Crippen LogP contribution in [0.4, 0.5) is 14.4 Å². The van der Waals surface area contributed by atoms with Crippen LogP contribution in [0.1, 0.15) is 152 Å². The first-order chi connectivity index (χ1) is 69.9. The molecule has 0 aliphatic carbocycles. The Kier molecular flexibility index (Phi) is 61.2. The number of methoxy groups -OCH3 is 4. The standard InChI is InChI=1S/C57H85N5O15.C52H77N5O13.ClH/c1-55(2,3)45(37-49(64)70-11)52(66)61-62(39-42-20-22-43(23-21-42)46-19-15-16-24-58-46)40-48(76-50(65)38-59-53(67)77-57(7,8)9)44(35-41-17-13-12-14-18-41)36-47(63)51(56(4,5)6)60-54(68)75-34-33-74-32-31-73-30-29-72-28-27-71-26-25-69-10;1-51(2,3)42(34-46(59)64-8)49(61)56-57(36-39-17-19-40(20-18-39)43-16-12-13-21-54-43)37-45(70-47(60)35-53)41(32-38-14-10-9-11-15-38)33-44(58)48(52(4,5)6)55-50(62)69-31-30-68-29-28-67-27-26-66-25-24-65-23-22-63-7;/h12-24,44-45,48,51H,25-40H2,1-11H3,(H,59,67)(H,60,68)(H,61,66);9-21,41-42,45,48H,22-37,53H2,1-8H3,(H,55,62)(H,56,61);1H/t44-,45-,48+,51-;41-,42-,45+,48-;/m11./s1. The van der Waals surface area contributed by atoms with Crippen molar-refractivity contribution in [1.82, 2.24) is 46.8 Å². The Morgan fingerprint density at radius 3 is 0.959 bits per heavy atom. The topological polar surface area (TPSA) is 463 Å². The van der Waals surface area contributed by atoms with Crippen LogP contribution in [0.15, 0.2) is 158 Å². The molecule has 5 amide bonds. The number of ketones is 2. The molecule has 8 atom stereocenters. The normalized spacial score (nSPS) is 13.3. The summed E-state index contributed by atoms with van der Waals surface area (Å²) in [5, 5.41) is 11.2. The first kappa shape index (κ1) is 129. The molecular formula is C109H163ClN10O28. The number of hydrogen-bond acceptors (Lipinski definition) is 33. The Bertz CT molecular complexity index is 4800. The molecule has 2 aromatic heterocycles. The van der Waals surface area contributed by atoms with Gasteiger partial charge in [0.15, 0.2) is 11.6 Å². The summed E-state index contributed by atoms with van der Waals surface area (Å²) in [7, 11) is 5.75. The zero-order valence-corrected chi connectivity index (χ0v) is 90.8. The molecule has 2 heterocycles. The summed E-state index contributed by atoms with van der Waals surface area (Å²) in [6.07, 6.45) is -1.51. The maximum absolute atomic E-state index is 14.8. The molecule has 38 nitrogen and oxygen atoms in total. The van der Waals surface area contributed by atoms with Crippen LogP contribution in [0.5, 0.6) is 0 Å². The number of Topliss-reactive ketones (excluding diaryl/α,β-unsaturated/α-hetero) is 2. The van der Waals surface area contributed by atoms with Gasteiger partial charge in [-0.15, -0.1) is 12.4 Å². The third-order valence-electron chi connectivity index (χ3n) is 22.9. The number of aromatic nitrogens is 2. The molecule has 0 saturated carbocycles. The SMILES string of the molecule is COCCOCCOCCOCCOCCOC(=O)N[C@H](C(=O)C[C@@H](Cc1ccccc1)[C@H](CN(Cc1ccc(-c2ccccn2)cc1)NC(=O)[C@@H](CC(=O)OC)C(C)(C)C)OC(=O)CN)C(C)(C)C.COCCOCCOCCOCCOCCOC(=O)N[C@H](C(=O)C[C@@H](Cc1ccccc1)[C@H](CN(Cc1ccc(-c2ccccn2)cc1)NC(=O)[C@@H](CC(=O)OC)C(C)(C)C)OC(=O)CNC(=O)OC(C)(C)C)C(C)(C)C.Cl. The van der Waals surface area contributed by atoms with E-state index in [-0.39, 0.29) is 128 Å². The highest BCUT2D eigenvalue weighted by Gasteiger charge is 2.43. The third kappa shape index (κ3) is 54.4. The second-order valence-electron chi connectivity index (χ2n) is 40.3. The highest BCUT2D eigenvalue weighted by Crippen LogP contribution is 2.35. The number of hydrogen-bond donors (Lipinski definition) is 6. The van der Waals surface area contributed by atoms with Crippen molar-refractivity contribution in [2.24, 2.45) is 51.1 Å². The molecule has 0 fully saturated rings. The number of halogens is 1. The van der Waals surface area contributed by atoms with Crippen LogP contribution < -0.4 is 32.5 Å². The molecule has 0 bridgehead atoms. The summed E-state index contributed by atoms with van der Waals surface area (Å²) < 4.78 is 92.3. The Labute approximate surface area is 879 Å². The second kappa shape index (κ2) is 70.1. The number of nitrogens with one attached hydrogen (secondary N) is 5. The highest BCUT2D eigenvalue weighted by molar-refractivity contribution is 5.90. The van der Waals surface area contributed by atoms with E-state index in [0.717, 1.165) is 44.8 Å². The van der Waals surface area contributed by atoms with E-state index >= 15 is 0 Å². The Hall–Kier alpha value is -11.1. The number of nitrogens with zero attached hydrogens (tertiary/aromatic N) is 4. The molecule has 6 aromatic rings. The quantitative estimate of drug-likeness (QED) is 0.00894. The van der Waals surface area contributed by atoms with Gasteiger partial charge in [0.25, 0.3) is 0 Å². The van der Waals surface area contributed by atoms with Gasteiger partial charge >= 0.3 is 42.2 Å². The van der Waals surface area contributed by atoms with Gasteiger partial charge < -0.3 is 102 Å². The smallest absolute Gasteiger partial charge is 0.408 e. The average molecular weight is 2100 g/mol. The third-order valence-corrected chi connectivity index (χ3v) is 22.9. The Morgan fingerprint density at radius 2 is 0.669 bits per heavy atom. The summed E-state index contributed by atoms with van der Waals surface area (Å²) in [6.45, 7) is 32.7. The van der Waals surface area contributed by atoms with Crippen molar-refractivity contribution >= 4 is 77.9 Å². The number of ether oxygens (including phenoxy) is 17. The van der Waals surface area contributed by atoms with Gasteiger partial charge in [0.2, 0.25) is 11.8 Å². The van der Waals surface area contributed by atoms with Crippen LogP contribution in [0, 0.1) is 45.3 Å². The van der Waals surface area contributed by atoms with E-state index in [9.17, 15) is 52.7 Å². The van der Waals surface area contributed by atoms with Gasteiger partial charge in [-0.2, -0.15) is 0 Å². The molecule has 0 unspecified atom stereocenters. The predicted octanol–water partition coefficient (Wildman–Crippen LogP) is 12.7. The van der Waals surface area contributed by atoms with E-state index < -0.39 is 142 Å². The van der Waals surface area contributed by atoms with Crippen molar-refractivity contribution < 1.29 is 133 Å². The van der Waals surface area contributed by atoms with Crippen LogP contribution in [-0.4, -0.2) is 302 Å². The number of carbonyl (C=O) groups excluding carboxylic acids is 11. The van der Waals surface area contributed by atoms with Crippen LogP contribution in [0.25, 0.3) is 22.5 Å². The average Bonchev–Trinajstić information content (AvgIpc) is 0.825. The molecule has 7 N–H and O–H groups in total. The Morgan fingerprint density at radius 1 is 0.351 bits per heavy atom. The number of alkyl carbamates (subject to hydrolysis) is 3. The zero-order chi connectivity index (χ0) is 108. The second-order valence-corrected chi connectivity index (χ2v) is 40.3. The number of esters is 4. The minimum absolute atomic E-state index is 0. The van der Waals surface area contributed by atoms with Crippen LogP contribution in [0.3, 0.4) is 0 Å². The van der Waals surface area contributed by atoms with E-state index in [0.29, 0.717) is 92.5 Å². The van der Waals surface area contributed by atoms with Crippen molar-refractivity contribution in [2.75, 3.05) is 187 Å². The number of rotatable bonds is 67. The molecule has 4 aromatic carbocycles. The van der Waals surface area contributed by atoms with Crippen LogP contribution in [-0.2, 0) is 145 Å². The monoisotopic (exact) mass is 2100 g/mol. The highest BCUT2D eigenvalue weighted by atomic mass is 35.5. The van der Waals surface area contributed by atoms with Gasteiger partial charge in [-0.25, -0.2) is 24.4 Å². The van der Waals surface area contributed by atoms with Crippen molar-refractivity contribution in [3.05, 3.63) is 180 Å². The van der Waals surface area contributed by atoms with Crippen molar-refractivity contribution in [1.29, 1.82) is 0 Å². The first-order valence-corrected chi connectivity index (χ1v) is 49.8. The molecule has 6 rings (SSSR count). The number of carbonyl (C=O) groups is 11. The van der Waals surface area contributed by atoms with E-state index in [4.69, 9.17) is 86.3 Å². The van der Waals surface area contributed by atoms with Crippen molar-refractivity contribution in [2.45, 2.75) is 185 Å². The number of pyridine rings is 2. The van der Waals surface area contributed by atoms with Gasteiger partial charge in [-0.05, 0) is 102 Å². The van der Waals surface area contributed by atoms with E-state index in [2.05, 4.69) is 36.8 Å². The minimum Gasteiger partial charge on any atom is -0.469 e. The van der Waals surface area contributed by atoms with Crippen molar-refractivity contribution in [3.63, 3.8) is 0 Å². The summed E-state index contributed by atoms with van der Waals surface area (Å²) in [6, 6.07) is 43.2. The molecule has 0 aliphatic rings. The summed E-state index contributed by atoms with van der Waals surface area (Å²) in [5.74, 6) is -7.48. The molecule has 148 heavy (non-hydrogen) atoms. The number of benzene rings is 4. The zero-order valence-electron chi connectivity index (χ0n) is 90.0. The van der Waals surface area contributed by atoms with Crippen LogP contribution >= 0.6 is 12.4 Å². The van der Waals surface area contributed by atoms with E-state index in [1.807, 2.05) is 229 Å². The molecule has 0 aliphatic heterocycles. The lowest BCUT2D eigenvalue weighted by Crippen LogP contribution is -2.53. The summed E-state index contributed by atoms with van der Waals surface area (Å²) in [4.78, 5) is 159. The number of hydrazine groups is 2. The largest absolute Gasteiger partial charge is 0.469 e. The van der Waals surface area contributed by atoms with Gasteiger partial charge in [0.05, 0.1) is 201 Å². The number of amides is 5. The first-order valence-electron chi connectivity index (χ1n) is 49.8. The maximum Gasteiger partial charge on any atom is 0.408 e.